The maximum Gasteiger partial charge on any atom is 0.167 e. The highest BCUT2D eigenvalue weighted by Crippen LogP contribution is 2.61. The van der Waals surface area contributed by atoms with Crippen LogP contribution in [0, 0.1) is 17.8 Å². The largest absolute Gasteiger partial charge is 0.392 e. The van der Waals surface area contributed by atoms with Crippen LogP contribution in [-0.4, -0.2) is 41.5 Å². The van der Waals surface area contributed by atoms with E-state index in [1.54, 1.807) is 0 Å². The summed E-state index contributed by atoms with van der Waals surface area (Å²) in [5, 5.41) is 10.3. The monoisotopic (exact) mass is 261 g/mol. The number of hydrogen-bond acceptors (Lipinski definition) is 3. The minimum absolute atomic E-state index is 0.143. The van der Waals surface area contributed by atoms with Crippen LogP contribution in [0.5, 0.6) is 0 Å². The Bertz CT molecular complexity index is 473. The molecule has 3 heteroatoms. The third-order valence-electron chi connectivity index (χ3n) is 5.79. The van der Waals surface area contributed by atoms with Crippen molar-refractivity contribution < 1.29 is 9.90 Å². The second kappa shape index (κ2) is 3.70. The third kappa shape index (κ3) is 1.43. The average molecular weight is 261 g/mol. The van der Waals surface area contributed by atoms with E-state index < -0.39 is 6.10 Å². The zero-order valence-corrected chi connectivity index (χ0v) is 11.9. The van der Waals surface area contributed by atoms with Crippen LogP contribution in [0.3, 0.4) is 0 Å². The number of ketones is 1. The summed E-state index contributed by atoms with van der Waals surface area (Å²) in [5.74, 6) is 1.28. The van der Waals surface area contributed by atoms with Crippen molar-refractivity contribution in [2.75, 3.05) is 14.1 Å². The molecule has 0 amide bonds. The number of carbonyl (C=O) groups is 1. The Morgan fingerprint density at radius 3 is 2.26 bits per heavy atom. The number of aliphatic hydroxyl groups excluding tert-OH is 1. The Morgan fingerprint density at radius 2 is 1.74 bits per heavy atom. The van der Waals surface area contributed by atoms with Gasteiger partial charge in [-0.25, -0.2) is 0 Å². The van der Waals surface area contributed by atoms with E-state index in [0.717, 1.165) is 18.4 Å². The molecule has 104 valence electrons. The molecule has 4 aliphatic rings. The lowest BCUT2D eigenvalue weighted by Gasteiger charge is -2.39. The summed E-state index contributed by atoms with van der Waals surface area (Å²) in [4.78, 5) is 15.1. The van der Waals surface area contributed by atoms with E-state index in [2.05, 4.69) is 19.0 Å². The molecule has 4 aliphatic carbocycles. The molecule has 3 atom stereocenters. The van der Waals surface area contributed by atoms with E-state index in [4.69, 9.17) is 0 Å². The van der Waals surface area contributed by atoms with Crippen LogP contribution in [-0.2, 0) is 4.79 Å². The molecule has 1 unspecified atom stereocenters. The average Bonchev–Trinajstić information content (AvgIpc) is 3.25. The van der Waals surface area contributed by atoms with E-state index in [9.17, 15) is 9.90 Å². The van der Waals surface area contributed by atoms with Gasteiger partial charge in [0.05, 0.1) is 17.6 Å². The topological polar surface area (TPSA) is 40.5 Å². The first kappa shape index (κ1) is 12.1. The molecule has 0 heterocycles. The van der Waals surface area contributed by atoms with Gasteiger partial charge < -0.3 is 5.11 Å². The summed E-state index contributed by atoms with van der Waals surface area (Å²) in [6, 6.07) is 0. The highest BCUT2D eigenvalue weighted by Gasteiger charge is 2.64. The Balaban J connectivity index is 1.89. The molecule has 3 saturated carbocycles. The van der Waals surface area contributed by atoms with Crippen LogP contribution in [0.15, 0.2) is 11.1 Å². The molecule has 0 bridgehead atoms. The minimum atomic E-state index is -0.431. The van der Waals surface area contributed by atoms with E-state index in [0.29, 0.717) is 17.6 Å². The SMILES string of the molecule is CN(C)[C@@]12CC[C@H](O)C1C(=O)C(C1CC1)=C2C1CC1. The van der Waals surface area contributed by atoms with E-state index >= 15 is 0 Å². The molecule has 0 spiro atoms. The van der Waals surface area contributed by atoms with Crippen LogP contribution in [0.2, 0.25) is 0 Å². The molecule has 0 radical (unpaired) electrons. The maximum absolute atomic E-state index is 12.9. The zero-order chi connectivity index (χ0) is 13.4. The van der Waals surface area contributed by atoms with Gasteiger partial charge in [-0.3, -0.25) is 9.69 Å². The van der Waals surface area contributed by atoms with Gasteiger partial charge in [-0.1, -0.05) is 0 Å². The number of fused-ring (bicyclic) bond motifs is 1. The fourth-order valence-corrected chi connectivity index (χ4v) is 4.72. The van der Waals surface area contributed by atoms with Crippen molar-refractivity contribution in [1.29, 1.82) is 0 Å². The molecular formula is C16H23NO2. The predicted molar refractivity (Wildman–Crippen MR) is 72.6 cm³/mol. The number of rotatable bonds is 3. The maximum atomic E-state index is 12.9. The van der Waals surface area contributed by atoms with Crippen molar-refractivity contribution in [2.45, 2.75) is 50.2 Å². The zero-order valence-electron chi connectivity index (χ0n) is 11.9. The normalized spacial score (nSPS) is 42.4. The van der Waals surface area contributed by atoms with Gasteiger partial charge in [0.1, 0.15) is 0 Å². The highest BCUT2D eigenvalue weighted by atomic mass is 16.3. The van der Waals surface area contributed by atoms with E-state index in [-0.39, 0.29) is 11.5 Å². The Labute approximate surface area is 114 Å². The highest BCUT2D eigenvalue weighted by molar-refractivity contribution is 6.04. The molecule has 0 aliphatic heterocycles. The number of nitrogens with zero attached hydrogens (tertiary/aromatic N) is 1. The van der Waals surface area contributed by atoms with Gasteiger partial charge in [-0.2, -0.15) is 0 Å². The minimum Gasteiger partial charge on any atom is -0.392 e. The predicted octanol–water partition coefficient (Wildman–Crippen LogP) is 1.76. The second-order valence-electron chi connectivity index (χ2n) is 7.14. The standard InChI is InChI=1S/C16H23NO2/c1-17(2)16-8-7-11(18)14(16)15(19)12(9-3-4-9)13(16)10-5-6-10/h9-11,14,18H,3-8H2,1-2H3/t11-,14?,16+/m0/s1. The molecule has 3 fully saturated rings. The molecular weight excluding hydrogens is 238 g/mol. The molecule has 19 heavy (non-hydrogen) atoms. The van der Waals surface area contributed by atoms with Crippen molar-refractivity contribution in [2.24, 2.45) is 17.8 Å². The summed E-state index contributed by atoms with van der Waals surface area (Å²) < 4.78 is 0. The summed E-state index contributed by atoms with van der Waals surface area (Å²) in [6.45, 7) is 0. The van der Waals surface area contributed by atoms with Crippen LogP contribution in [0.1, 0.15) is 38.5 Å². The molecule has 0 saturated heterocycles. The van der Waals surface area contributed by atoms with Gasteiger partial charge in [0.25, 0.3) is 0 Å². The first-order valence-corrected chi connectivity index (χ1v) is 7.71. The summed E-state index contributed by atoms with van der Waals surface area (Å²) >= 11 is 0. The van der Waals surface area contributed by atoms with Gasteiger partial charge >= 0.3 is 0 Å². The smallest absolute Gasteiger partial charge is 0.167 e. The van der Waals surface area contributed by atoms with Crippen LogP contribution in [0.25, 0.3) is 0 Å². The Kier molecular flexibility index (Phi) is 2.36. The van der Waals surface area contributed by atoms with Gasteiger partial charge in [-0.05, 0) is 70.0 Å². The van der Waals surface area contributed by atoms with E-state index in [1.165, 1.54) is 31.3 Å². The molecule has 4 rings (SSSR count). The summed E-state index contributed by atoms with van der Waals surface area (Å²) in [6.07, 6.45) is 6.17. The number of likely N-dealkylation sites (N-methyl/N-ethyl adjacent to an activating group) is 1. The van der Waals surface area contributed by atoms with Crippen molar-refractivity contribution in [3.8, 4) is 0 Å². The molecule has 0 aromatic rings. The van der Waals surface area contributed by atoms with Crippen molar-refractivity contribution in [3.63, 3.8) is 0 Å². The fourth-order valence-electron chi connectivity index (χ4n) is 4.72. The molecule has 0 aromatic heterocycles. The van der Waals surface area contributed by atoms with Crippen molar-refractivity contribution in [1.82, 2.24) is 4.90 Å². The molecule has 3 nitrogen and oxygen atoms in total. The lowest BCUT2D eigenvalue weighted by Crippen LogP contribution is -2.50. The van der Waals surface area contributed by atoms with E-state index in [1.807, 2.05) is 0 Å². The van der Waals surface area contributed by atoms with Crippen molar-refractivity contribution >= 4 is 5.78 Å². The molecule has 1 N–H and O–H groups in total. The number of aliphatic hydroxyl groups is 1. The number of Topliss-reactive ketones (excluding diaryl/α,β-unsaturated/α-hetero) is 1. The third-order valence-corrected chi connectivity index (χ3v) is 5.79. The fraction of sp³-hybridized carbons (Fsp3) is 0.812. The Morgan fingerprint density at radius 1 is 1.11 bits per heavy atom. The quantitative estimate of drug-likeness (QED) is 0.841. The lowest BCUT2D eigenvalue weighted by molar-refractivity contribution is -0.123. The molecule has 0 aromatic carbocycles. The summed E-state index contributed by atoms with van der Waals surface area (Å²) in [5.41, 5.74) is 2.46. The van der Waals surface area contributed by atoms with Gasteiger partial charge in [0, 0.05) is 5.57 Å². The Hall–Kier alpha value is -0.670. The van der Waals surface area contributed by atoms with Crippen LogP contribution in [0.4, 0.5) is 0 Å². The van der Waals surface area contributed by atoms with Crippen molar-refractivity contribution in [3.05, 3.63) is 11.1 Å². The second-order valence-corrected chi connectivity index (χ2v) is 7.14. The van der Waals surface area contributed by atoms with Crippen LogP contribution < -0.4 is 0 Å². The van der Waals surface area contributed by atoms with Gasteiger partial charge in [-0.15, -0.1) is 0 Å². The summed E-state index contributed by atoms with van der Waals surface area (Å²) in [7, 11) is 4.19. The van der Waals surface area contributed by atoms with Gasteiger partial charge in [0.15, 0.2) is 5.78 Å². The number of carbonyl (C=O) groups excluding carboxylic acids is 1. The number of allylic oxidation sites excluding steroid dienone is 1. The van der Waals surface area contributed by atoms with Crippen LogP contribution >= 0.6 is 0 Å². The first-order valence-electron chi connectivity index (χ1n) is 7.71. The lowest BCUT2D eigenvalue weighted by atomic mass is 9.81. The van der Waals surface area contributed by atoms with Gasteiger partial charge in [0.2, 0.25) is 0 Å². The number of hydrogen-bond donors (Lipinski definition) is 1. The first-order chi connectivity index (χ1) is 9.07.